The Bertz CT molecular complexity index is 739. The van der Waals surface area contributed by atoms with Crippen LogP contribution < -0.4 is 5.32 Å². The van der Waals surface area contributed by atoms with Crippen LogP contribution in [0.15, 0.2) is 36.5 Å². The molecule has 1 aromatic carbocycles. The molecule has 120 valence electrons. The number of hydrogen-bond donors (Lipinski definition) is 2. The van der Waals surface area contributed by atoms with Gasteiger partial charge in [-0.3, -0.25) is 9.59 Å². The fraction of sp³-hybridized carbons (Fsp3) is 0.375. The minimum atomic E-state index is -0.919. The number of nitrogens with one attached hydrogen (secondary N) is 1. The monoisotopic (exact) mass is 314 g/mol. The first-order chi connectivity index (χ1) is 10.9. The number of carbonyl (C=O) groups excluding carboxylic acids is 1. The largest absolute Gasteiger partial charge is 0.481 e. The summed E-state index contributed by atoms with van der Waals surface area (Å²) in [4.78, 5) is 23.0. The first-order valence-electron chi connectivity index (χ1n) is 7.41. The van der Waals surface area contributed by atoms with Gasteiger partial charge in [0.05, 0.1) is 29.3 Å². The predicted molar refractivity (Wildman–Crippen MR) is 81.8 cm³/mol. The number of amides is 1. The predicted octanol–water partition coefficient (Wildman–Crippen LogP) is 1.34. The third kappa shape index (κ3) is 3.08. The number of rotatable bonds is 5. The Morgan fingerprint density at radius 2 is 1.96 bits per heavy atom. The van der Waals surface area contributed by atoms with E-state index in [4.69, 9.17) is 5.11 Å². The second-order valence-corrected chi connectivity index (χ2v) is 6.29. The van der Waals surface area contributed by atoms with Crippen molar-refractivity contribution < 1.29 is 14.7 Å². The molecule has 0 aliphatic heterocycles. The molecule has 1 aliphatic rings. The van der Waals surface area contributed by atoms with Crippen molar-refractivity contribution in [2.75, 3.05) is 0 Å². The molecule has 0 bridgehead atoms. The quantitative estimate of drug-likeness (QED) is 0.868. The maximum Gasteiger partial charge on any atom is 0.307 e. The highest BCUT2D eigenvalue weighted by Crippen LogP contribution is 2.39. The molecule has 0 saturated heterocycles. The molecule has 1 amide bonds. The molecule has 2 aromatic rings. The van der Waals surface area contributed by atoms with Crippen molar-refractivity contribution in [3.05, 3.63) is 42.2 Å². The highest BCUT2D eigenvalue weighted by molar-refractivity contribution is 5.89. The van der Waals surface area contributed by atoms with E-state index in [2.05, 4.69) is 15.6 Å². The zero-order valence-electron chi connectivity index (χ0n) is 12.9. The van der Waals surface area contributed by atoms with Crippen LogP contribution in [0.3, 0.4) is 0 Å². The second kappa shape index (κ2) is 5.49. The average molecular weight is 314 g/mol. The standard InChI is InChI=1S/C16H18N4O3/c1-16(2,17-14(21)11-8-12(11)15(22)23)13-9-20(19-18-13)10-6-4-3-5-7-10/h3-7,9,11-12H,8H2,1-2H3,(H,17,21)(H,22,23). The van der Waals surface area contributed by atoms with Crippen molar-refractivity contribution in [1.29, 1.82) is 0 Å². The topological polar surface area (TPSA) is 97.1 Å². The average Bonchev–Trinajstić information content (AvgIpc) is 3.17. The summed E-state index contributed by atoms with van der Waals surface area (Å²) in [7, 11) is 0. The Hall–Kier alpha value is -2.70. The minimum absolute atomic E-state index is 0.253. The summed E-state index contributed by atoms with van der Waals surface area (Å²) < 4.78 is 1.64. The minimum Gasteiger partial charge on any atom is -0.481 e. The summed E-state index contributed by atoms with van der Waals surface area (Å²) in [6.07, 6.45) is 2.16. The highest BCUT2D eigenvalue weighted by atomic mass is 16.4. The molecule has 23 heavy (non-hydrogen) atoms. The molecule has 1 aromatic heterocycles. The molecule has 2 unspecified atom stereocenters. The van der Waals surface area contributed by atoms with Gasteiger partial charge in [-0.15, -0.1) is 5.10 Å². The van der Waals surface area contributed by atoms with Crippen LogP contribution in [0.5, 0.6) is 0 Å². The molecule has 2 atom stereocenters. The van der Waals surface area contributed by atoms with Crippen LogP contribution in [0.4, 0.5) is 0 Å². The third-order valence-corrected chi connectivity index (χ3v) is 4.03. The molecule has 7 nitrogen and oxygen atoms in total. The molecule has 0 radical (unpaired) electrons. The van der Waals surface area contributed by atoms with Gasteiger partial charge in [-0.05, 0) is 32.4 Å². The summed E-state index contributed by atoms with van der Waals surface area (Å²) in [5.41, 5.74) is 0.763. The molecule has 1 fully saturated rings. The van der Waals surface area contributed by atoms with E-state index >= 15 is 0 Å². The molecule has 7 heteroatoms. The van der Waals surface area contributed by atoms with Gasteiger partial charge in [-0.2, -0.15) is 0 Å². The van der Waals surface area contributed by atoms with E-state index in [-0.39, 0.29) is 5.91 Å². The maximum absolute atomic E-state index is 12.2. The lowest BCUT2D eigenvalue weighted by Gasteiger charge is -2.23. The Balaban J connectivity index is 1.72. The molecule has 1 aliphatic carbocycles. The summed E-state index contributed by atoms with van der Waals surface area (Å²) in [6.45, 7) is 3.64. The number of aromatic nitrogens is 3. The van der Waals surface area contributed by atoms with Gasteiger partial charge in [-0.1, -0.05) is 23.4 Å². The van der Waals surface area contributed by atoms with Crippen molar-refractivity contribution >= 4 is 11.9 Å². The van der Waals surface area contributed by atoms with E-state index in [0.29, 0.717) is 12.1 Å². The van der Waals surface area contributed by atoms with Crippen LogP contribution in [-0.4, -0.2) is 32.0 Å². The number of carboxylic acids is 1. The van der Waals surface area contributed by atoms with Gasteiger partial charge >= 0.3 is 5.97 Å². The first-order valence-corrected chi connectivity index (χ1v) is 7.41. The van der Waals surface area contributed by atoms with E-state index in [0.717, 1.165) is 5.69 Å². The van der Waals surface area contributed by atoms with Crippen molar-refractivity contribution in [2.24, 2.45) is 11.8 Å². The van der Waals surface area contributed by atoms with E-state index in [1.54, 1.807) is 10.9 Å². The summed E-state index contributed by atoms with van der Waals surface area (Å²) >= 11 is 0. The van der Waals surface area contributed by atoms with Gasteiger partial charge in [0.15, 0.2) is 0 Å². The normalized spacial score (nSPS) is 20.1. The first kappa shape index (κ1) is 15.2. The van der Waals surface area contributed by atoms with Gasteiger partial charge in [0.1, 0.15) is 5.69 Å². The zero-order chi connectivity index (χ0) is 16.6. The van der Waals surface area contributed by atoms with Crippen LogP contribution in [0.25, 0.3) is 5.69 Å². The summed E-state index contributed by atoms with van der Waals surface area (Å²) in [5.74, 6) is -2.18. The van der Waals surface area contributed by atoms with E-state index < -0.39 is 23.3 Å². The smallest absolute Gasteiger partial charge is 0.307 e. The summed E-state index contributed by atoms with van der Waals surface area (Å²) in [5, 5.41) is 20.0. The molecule has 1 heterocycles. The van der Waals surface area contributed by atoms with Crippen LogP contribution in [0.2, 0.25) is 0 Å². The van der Waals surface area contributed by atoms with E-state index in [1.165, 1.54) is 0 Å². The number of hydrogen-bond acceptors (Lipinski definition) is 4. The van der Waals surface area contributed by atoms with Gasteiger partial charge in [-0.25, -0.2) is 4.68 Å². The zero-order valence-corrected chi connectivity index (χ0v) is 12.9. The SMILES string of the molecule is CC(C)(NC(=O)C1CC1C(=O)O)c1cn(-c2ccccc2)nn1. The number of para-hydroxylation sites is 1. The fourth-order valence-electron chi connectivity index (χ4n) is 2.48. The van der Waals surface area contributed by atoms with Crippen LogP contribution >= 0.6 is 0 Å². The van der Waals surface area contributed by atoms with E-state index in [1.807, 2.05) is 44.2 Å². The number of nitrogens with zero attached hydrogens (tertiary/aromatic N) is 3. The number of carbonyl (C=O) groups is 2. The van der Waals surface area contributed by atoms with Gasteiger partial charge in [0.2, 0.25) is 5.91 Å². The summed E-state index contributed by atoms with van der Waals surface area (Å²) in [6, 6.07) is 9.54. The van der Waals surface area contributed by atoms with Gasteiger partial charge < -0.3 is 10.4 Å². The third-order valence-electron chi connectivity index (χ3n) is 4.03. The Labute approximate surface area is 133 Å². The molecule has 2 N–H and O–H groups in total. The lowest BCUT2D eigenvalue weighted by Crippen LogP contribution is -2.42. The highest BCUT2D eigenvalue weighted by Gasteiger charge is 2.49. The van der Waals surface area contributed by atoms with Crippen molar-refractivity contribution in [2.45, 2.75) is 25.8 Å². The van der Waals surface area contributed by atoms with Crippen LogP contribution in [0.1, 0.15) is 26.0 Å². The van der Waals surface area contributed by atoms with Crippen molar-refractivity contribution in [3.8, 4) is 5.69 Å². The fourth-order valence-corrected chi connectivity index (χ4v) is 2.48. The Kier molecular flexibility index (Phi) is 3.63. The van der Waals surface area contributed by atoms with Gasteiger partial charge in [0, 0.05) is 0 Å². The molecule has 1 saturated carbocycles. The second-order valence-electron chi connectivity index (χ2n) is 6.29. The Morgan fingerprint density at radius 1 is 1.26 bits per heavy atom. The van der Waals surface area contributed by atoms with E-state index in [9.17, 15) is 9.59 Å². The van der Waals surface area contributed by atoms with Crippen molar-refractivity contribution in [3.63, 3.8) is 0 Å². The van der Waals surface area contributed by atoms with Crippen LogP contribution in [-0.2, 0) is 15.1 Å². The van der Waals surface area contributed by atoms with Crippen LogP contribution in [0, 0.1) is 11.8 Å². The van der Waals surface area contributed by atoms with Crippen molar-refractivity contribution in [1.82, 2.24) is 20.3 Å². The van der Waals surface area contributed by atoms with Gasteiger partial charge in [0.25, 0.3) is 0 Å². The molecular weight excluding hydrogens is 296 g/mol. The molecule has 0 spiro atoms. The maximum atomic E-state index is 12.2. The molecule has 3 rings (SSSR count). The molecular formula is C16H18N4O3. The number of carboxylic acid groups (broad SMARTS) is 1. The lowest BCUT2D eigenvalue weighted by atomic mass is 10.0. The number of aliphatic carboxylic acids is 1. The lowest BCUT2D eigenvalue weighted by molar-refractivity contribution is -0.140. The Morgan fingerprint density at radius 3 is 2.57 bits per heavy atom. The number of benzene rings is 1.